The number of anilines is 1. The summed E-state index contributed by atoms with van der Waals surface area (Å²) >= 11 is 0. The van der Waals surface area contributed by atoms with Crippen LogP contribution in [0.3, 0.4) is 0 Å². The van der Waals surface area contributed by atoms with E-state index in [2.05, 4.69) is 27.0 Å². The molecule has 29 heavy (non-hydrogen) atoms. The van der Waals surface area contributed by atoms with Crippen molar-refractivity contribution in [2.24, 2.45) is 0 Å². The lowest BCUT2D eigenvalue weighted by Gasteiger charge is -2.42. The molecule has 0 aliphatic carbocycles. The van der Waals surface area contributed by atoms with Crippen LogP contribution in [0.15, 0.2) is 12.1 Å². The second-order valence-corrected chi connectivity index (χ2v) is 8.56. The van der Waals surface area contributed by atoms with E-state index < -0.39 is 6.10 Å². The predicted octanol–water partition coefficient (Wildman–Crippen LogP) is 2.43. The Kier molecular flexibility index (Phi) is 4.59. The Morgan fingerprint density at radius 2 is 2.03 bits per heavy atom. The summed E-state index contributed by atoms with van der Waals surface area (Å²) in [5, 5.41) is 30.6. The van der Waals surface area contributed by atoms with E-state index in [0.29, 0.717) is 36.7 Å². The van der Waals surface area contributed by atoms with Gasteiger partial charge in [-0.3, -0.25) is 0 Å². The van der Waals surface area contributed by atoms with E-state index in [0.717, 1.165) is 54.3 Å². The average Bonchev–Trinajstić information content (AvgIpc) is 3.17. The van der Waals surface area contributed by atoms with Gasteiger partial charge in [0.15, 0.2) is 5.82 Å². The molecular weight excluding hydrogens is 368 g/mol. The monoisotopic (exact) mass is 396 g/mol. The SMILES string of the molecule is Cc1cc2c(c(O)c1-c1cc3c(nn1)N([C@@H]1CCCN(C)C1)CCC3O)CCO2. The van der Waals surface area contributed by atoms with Crippen LogP contribution in [-0.2, 0) is 6.42 Å². The number of phenols is 1. The molecule has 7 heteroatoms. The number of aliphatic hydroxyl groups excluding tert-OH is 1. The maximum absolute atomic E-state index is 10.9. The van der Waals surface area contributed by atoms with E-state index >= 15 is 0 Å². The Bertz CT molecular complexity index is 948. The van der Waals surface area contributed by atoms with Gasteiger partial charge in [0.05, 0.1) is 18.4 Å². The molecule has 2 atom stereocenters. The van der Waals surface area contributed by atoms with E-state index in [9.17, 15) is 10.2 Å². The highest BCUT2D eigenvalue weighted by Crippen LogP contribution is 2.44. The maximum Gasteiger partial charge on any atom is 0.157 e. The first kappa shape index (κ1) is 18.6. The highest BCUT2D eigenvalue weighted by atomic mass is 16.5. The molecule has 3 aliphatic heterocycles. The molecule has 154 valence electrons. The summed E-state index contributed by atoms with van der Waals surface area (Å²) in [4.78, 5) is 4.67. The van der Waals surface area contributed by atoms with E-state index in [4.69, 9.17) is 4.74 Å². The Balaban J connectivity index is 1.55. The zero-order chi connectivity index (χ0) is 20.1. The number of likely N-dealkylation sites (N-methyl/N-ethyl adjacent to an activating group) is 1. The van der Waals surface area contributed by atoms with E-state index in [1.807, 2.05) is 19.1 Å². The fourth-order valence-electron chi connectivity index (χ4n) is 5.03. The third-order valence-corrected chi connectivity index (χ3v) is 6.55. The number of hydrogen-bond acceptors (Lipinski definition) is 7. The van der Waals surface area contributed by atoms with Gasteiger partial charge in [-0.2, -0.15) is 0 Å². The molecule has 4 heterocycles. The molecule has 7 nitrogen and oxygen atoms in total. The van der Waals surface area contributed by atoms with Crippen molar-refractivity contribution in [1.29, 1.82) is 0 Å². The summed E-state index contributed by atoms with van der Waals surface area (Å²) in [5.74, 6) is 1.76. The van der Waals surface area contributed by atoms with Gasteiger partial charge in [0.1, 0.15) is 11.5 Å². The number of phenolic OH excluding ortho intramolecular Hbond substituents is 1. The standard InChI is InChI=1S/C22H28N4O3/c1-13-10-19-15(6-9-29-19)21(28)20(13)17-11-16-18(27)5-8-26(22(16)24-23-17)14-4-3-7-25(2)12-14/h10-11,14,18,27-28H,3-9,12H2,1-2H3/t14-,18?/m1/s1. The van der Waals surface area contributed by atoms with Crippen LogP contribution in [0.5, 0.6) is 11.5 Å². The first-order valence-corrected chi connectivity index (χ1v) is 10.5. The minimum Gasteiger partial charge on any atom is -0.507 e. The lowest BCUT2D eigenvalue weighted by Crippen LogP contribution is -2.49. The normalized spacial score (nSPS) is 24.2. The molecule has 1 aromatic carbocycles. The number of aliphatic hydroxyl groups is 1. The largest absolute Gasteiger partial charge is 0.507 e. The number of nitrogens with zero attached hydrogens (tertiary/aromatic N) is 4. The van der Waals surface area contributed by atoms with Gasteiger partial charge in [0.2, 0.25) is 0 Å². The number of likely N-dealkylation sites (tertiary alicyclic amines) is 1. The maximum atomic E-state index is 10.9. The zero-order valence-electron chi connectivity index (χ0n) is 17.1. The quantitative estimate of drug-likeness (QED) is 0.807. The topological polar surface area (TPSA) is 82.0 Å². The van der Waals surface area contributed by atoms with Crippen molar-refractivity contribution in [2.45, 2.75) is 44.8 Å². The molecule has 0 spiro atoms. The van der Waals surface area contributed by atoms with Gasteiger partial charge in [-0.15, -0.1) is 10.2 Å². The van der Waals surface area contributed by atoms with Gasteiger partial charge in [0, 0.05) is 42.2 Å². The number of fused-ring (bicyclic) bond motifs is 2. The molecule has 0 radical (unpaired) electrons. The number of rotatable bonds is 2. The fraction of sp³-hybridized carbons (Fsp3) is 0.545. The molecule has 0 amide bonds. The lowest BCUT2D eigenvalue weighted by molar-refractivity contribution is 0.157. The predicted molar refractivity (Wildman–Crippen MR) is 111 cm³/mol. The minimum absolute atomic E-state index is 0.225. The van der Waals surface area contributed by atoms with Crippen LogP contribution in [0.4, 0.5) is 5.82 Å². The molecule has 5 rings (SSSR count). The van der Waals surface area contributed by atoms with Crippen LogP contribution in [0, 0.1) is 6.92 Å². The summed E-state index contributed by atoms with van der Waals surface area (Å²) in [5.41, 5.74) is 3.83. The second-order valence-electron chi connectivity index (χ2n) is 8.56. The Labute approximate surface area is 170 Å². The molecule has 2 N–H and O–H groups in total. The first-order chi connectivity index (χ1) is 14.0. The van der Waals surface area contributed by atoms with Crippen LogP contribution in [0.1, 0.15) is 42.1 Å². The molecule has 0 bridgehead atoms. The minimum atomic E-state index is -0.558. The van der Waals surface area contributed by atoms with Crippen molar-refractivity contribution in [3.63, 3.8) is 0 Å². The Morgan fingerprint density at radius 1 is 1.17 bits per heavy atom. The van der Waals surface area contributed by atoms with Gasteiger partial charge in [0.25, 0.3) is 0 Å². The van der Waals surface area contributed by atoms with Gasteiger partial charge < -0.3 is 24.7 Å². The lowest BCUT2D eigenvalue weighted by atomic mass is 9.94. The van der Waals surface area contributed by atoms with Crippen LogP contribution >= 0.6 is 0 Å². The van der Waals surface area contributed by atoms with Crippen LogP contribution in [0.2, 0.25) is 0 Å². The molecule has 1 saturated heterocycles. The number of hydrogen-bond donors (Lipinski definition) is 2. The Morgan fingerprint density at radius 3 is 2.86 bits per heavy atom. The number of aryl methyl sites for hydroxylation is 1. The van der Waals surface area contributed by atoms with Gasteiger partial charge >= 0.3 is 0 Å². The number of ether oxygens (including phenoxy) is 1. The molecule has 1 fully saturated rings. The smallest absolute Gasteiger partial charge is 0.157 e. The number of aromatic hydroxyl groups is 1. The first-order valence-electron chi connectivity index (χ1n) is 10.5. The van der Waals surface area contributed by atoms with E-state index in [-0.39, 0.29) is 5.75 Å². The van der Waals surface area contributed by atoms with Crippen LogP contribution in [0.25, 0.3) is 11.3 Å². The molecule has 1 aromatic heterocycles. The van der Waals surface area contributed by atoms with E-state index in [1.54, 1.807) is 0 Å². The summed E-state index contributed by atoms with van der Waals surface area (Å²) in [6, 6.07) is 4.27. The second kappa shape index (κ2) is 7.15. The third kappa shape index (κ3) is 3.13. The summed E-state index contributed by atoms with van der Waals surface area (Å²) in [6.45, 7) is 5.46. The molecular formula is C22H28N4O3. The highest BCUT2D eigenvalue weighted by Gasteiger charge is 2.33. The summed E-state index contributed by atoms with van der Waals surface area (Å²) in [7, 11) is 2.16. The van der Waals surface area contributed by atoms with Crippen LogP contribution < -0.4 is 9.64 Å². The summed E-state index contributed by atoms with van der Waals surface area (Å²) in [6.07, 6.45) is 3.12. The van der Waals surface area contributed by atoms with Gasteiger partial charge in [-0.1, -0.05) is 0 Å². The fourth-order valence-corrected chi connectivity index (χ4v) is 5.03. The Hall–Kier alpha value is -2.38. The van der Waals surface area contributed by atoms with E-state index in [1.165, 1.54) is 6.42 Å². The number of aromatic nitrogens is 2. The molecule has 1 unspecified atom stereocenters. The number of benzene rings is 1. The van der Waals surface area contributed by atoms with Crippen molar-refractivity contribution in [3.05, 3.63) is 28.8 Å². The van der Waals surface area contributed by atoms with Crippen molar-refractivity contribution >= 4 is 5.82 Å². The van der Waals surface area contributed by atoms with Crippen molar-refractivity contribution in [2.75, 3.05) is 38.2 Å². The third-order valence-electron chi connectivity index (χ3n) is 6.55. The molecule has 3 aliphatic rings. The molecule has 0 saturated carbocycles. The average molecular weight is 396 g/mol. The van der Waals surface area contributed by atoms with Gasteiger partial charge in [-0.05, 0) is 57.5 Å². The molecule has 2 aromatic rings. The van der Waals surface area contributed by atoms with Crippen molar-refractivity contribution < 1.29 is 14.9 Å². The van der Waals surface area contributed by atoms with Crippen molar-refractivity contribution in [3.8, 4) is 22.8 Å². The van der Waals surface area contributed by atoms with Crippen molar-refractivity contribution in [1.82, 2.24) is 15.1 Å². The zero-order valence-corrected chi connectivity index (χ0v) is 17.1. The van der Waals surface area contributed by atoms with Crippen LogP contribution in [-0.4, -0.2) is 64.6 Å². The summed E-state index contributed by atoms with van der Waals surface area (Å²) < 4.78 is 5.60. The van der Waals surface area contributed by atoms with Gasteiger partial charge in [-0.25, -0.2) is 0 Å². The number of piperidine rings is 1. The highest BCUT2D eigenvalue weighted by molar-refractivity contribution is 5.76.